The van der Waals surface area contributed by atoms with E-state index in [-0.39, 0.29) is 17.9 Å². The van der Waals surface area contributed by atoms with Crippen LogP contribution in [0.1, 0.15) is 56.9 Å². The topological polar surface area (TPSA) is 112 Å². The van der Waals surface area contributed by atoms with Crippen molar-refractivity contribution in [3.8, 4) is 11.5 Å². The number of benzene rings is 1. The normalized spacial score (nSPS) is 34.6. The maximum absolute atomic E-state index is 13.3. The molecule has 9 heteroatoms. The van der Waals surface area contributed by atoms with Gasteiger partial charge in [-0.2, -0.15) is 0 Å². The van der Waals surface area contributed by atoms with Crippen LogP contribution in [0.5, 0.6) is 0 Å². The fourth-order valence-electron chi connectivity index (χ4n) is 7.04. The summed E-state index contributed by atoms with van der Waals surface area (Å²) < 4.78 is 12.0. The Morgan fingerprint density at radius 3 is 2.55 bits per heavy atom. The zero-order valence-corrected chi connectivity index (χ0v) is 19.0. The van der Waals surface area contributed by atoms with Gasteiger partial charge in [0.05, 0.1) is 5.41 Å². The third-order valence-corrected chi connectivity index (χ3v) is 8.49. The molecule has 2 heterocycles. The number of nitrogens with two attached hydrogens (primary N) is 1. The molecule has 4 bridgehead atoms. The molecule has 1 saturated heterocycles. The summed E-state index contributed by atoms with van der Waals surface area (Å²) in [5.74, 6) is 1.72. The lowest BCUT2D eigenvalue weighted by Gasteiger charge is -2.58. The van der Waals surface area contributed by atoms with Crippen LogP contribution >= 0.6 is 11.6 Å². The Labute approximate surface area is 196 Å². The van der Waals surface area contributed by atoms with Gasteiger partial charge >= 0.3 is 6.09 Å². The van der Waals surface area contributed by atoms with Gasteiger partial charge in [0, 0.05) is 17.1 Å². The summed E-state index contributed by atoms with van der Waals surface area (Å²) in [5, 5.41) is 9.01. The van der Waals surface area contributed by atoms with Crippen LogP contribution in [0, 0.1) is 23.2 Å². The summed E-state index contributed by atoms with van der Waals surface area (Å²) in [6.07, 6.45) is 5.37. The largest absolute Gasteiger partial charge is 0.445 e. The van der Waals surface area contributed by atoms with E-state index in [1.54, 1.807) is 17.0 Å². The third kappa shape index (κ3) is 3.41. The Bertz CT molecular complexity index is 1070. The van der Waals surface area contributed by atoms with Gasteiger partial charge in [-0.05, 0) is 87.0 Å². The first-order valence-corrected chi connectivity index (χ1v) is 12.2. The van der Waals surface area contributed by atoms with Gasteiger partial charge in [0.15, 0.2) is 0 Å². The summed E-state index contributed by atoms with van der Waals surface area (Å²) in [7, 11) is 0. The molecule has 5 fully saturated rings. The van der Waals surface area contributed by atoms with Gasteiger partial charge in [0.25, 0.3) is 0 Å². The monoisotopic (exact) mass is 470 g/mol. The number of nitrogens with zero attached hydrogens (tertiary/aromatic N) is 3. The van der Waals surface area contributed by atoms with E-state index in [0.29, 0.717) is 35.2 Å². The van der Waals surface area contributed by atoms with E-state index in [0.717, 1.165) is 44.1 Å². The molecule has 0 radical (unpaired) electrons. The molecule has 174 valence electrons. The van der Waals surface area contributed by atoms with Crippen LogP contribution in [0.15, 0.2) is 28.7 Å². The first-order valence-electron chi connectivity index (χ1n) is 11.8. The minimum Gasteiger partial charge on any atom is -0.445 e. The van der Waals surface area contributed by atoms with Gasteiger partial charge in [-0.25, -0.2) is 4.79 Å². The van der Waals surface area contributed by atoms with E-state index in [9.17, 15) is 9.59 Å². The van der Waals surface area contributed by atoms with Gasteiger partial charge in [0.1, 0.15) is 12.1 Å². The Morgan fingerprint density at radius 2 is 1.85 bits per heavy atom. The van der Waals surface area contributed by atoms with Crippen LogP contribution in [0.2, 0.25) is 5.02 Å². The summed E-state index contributed by atoms with van der Waals surface area (Å²) in [6, 6.07) is 6.82. The second kappa shape index (κ2) is 7.72. The highest BCUT2D eigenvalue weighted by atomic mass is 35.5. The zero-order valence-electron chi connectivity index (χ0n) is 18.3. The number of halogens is 1. The highest BCUT2D eigenvalue weighted by Gasteiger charge is 2.62. The molecule has 4 atom stereocenters. The SMILES string of the molecule is NC(=O)C12CC3CC(CC(C3)C1OC(=O)N1CCCC1c1nnc(-c3ccc(Cl)cc3)o1)C2. The van der Waals surface area contributed by atoms with E-state index in [4.69, 9.17) is 26.5 Å². The molecule has 0 spiro atoms. The summed E-state index contributed by atoms with van der Waals surface area (Å²) in [6.45, 7) is 0.550. The van der Waals surface area contributed by atoms with E-state index in [2.05, 4.69) is 10.2 Å². The Hall–Kier alpha value is -2.61. The minimum atomic E-state index is -0.716. The molecule has 8 nitrogen and oxygen atoms in total. The van der Waals surface area contributed by atoms with E-state index in [1.165, 1.54) is 6.42 Å². The number of amides is 2. The Morgan fingerprint density at radius 1 is 1.12 bits per heavy atom. The lowest BCUT2D eigenvalue weighted by molar-refractivity contribution is -0.175. The second-order valence-electron chi connectivity index (χ2n) is 10.2. The molecule has 1 aliphatic heterocycles. The van der Waals surface area contributed by atoms with Gasteiger partial charge in [-0.15, -0.1) is 10.2 Å². The molecule has 2 N–H and O–H groups in total. The average Bonchev–Trinajstić information content (AvgIpc) is 3.45. The van der Waals surface area contributed by atoms with Gasteiger partial charge in [0.2, 0.25) is 17.7 Å². The molecule has 4 unspecified atom stereocenters. The van der Waals surface area contributed by atoms with Crippen LogP contribution in [-0.2, 0) is 9.53 Å². The van der Waals surface area contributed by atoms with E-state index < -0.39 is 17.6 Å². The van der Waals surface area contributed by atoms with Crippen LogP contribution in [-0.4, -0.2) is 39.7 Å². The predicted octanol–water partition coefficient (Wildman–Crippen LogP) is 4.34. The number of carbonyl (C=O) groups is 2. The Kier molecular flexibility index (Phi) is 4.90. The van der Waals surface area contributed by atoms with Crippen molar-refractivity contribution >= 4 is 23.6 Å². The lowest BCUT2D eigenvalue weighted by Crippen LogP contribution is -2.62. The maximum atomic E-state index is 13.3. The second-order valence-corrected chi connectivity index (χ2v) is 10.7. The molecule has 7 rings (SSSR count). The molecule has 4 saturated carbocycles. The fourth-order valence-corrected chi connectivity index (χ4v) is 7.17. The predicted molar refractivity (Wildman–Crippen MR) is 119 cm³/mol. The molecule has 1 aromatic carbocycles. The van der Waals surface area contributed by atoms with Gasteiger partial charge in [-0.3, -0.25) is 9.69 Å². The quantitative estimate of drug-likeness (QED) is 0.711. The highest BCUT2D eigenvalue weighted by Crippen LogP contribution is 2.61. The molecule has 4 aliphatic carbocycles. The van der Waals surface area contributed by atoms with Crippen molar-refractivity contribution in [3.05, 3.63) is 35.2 Å². The number of aromatic nitrogens is 2. The summed E-state index contributed by atoms with van der Waals surface area (Å²) >= 11 is 5.96. The minimum absolute atomic E-state index is 0.216. The molecular weight excluding hydrogens is 444 g/mol. The zero-order chi connectivity index (χ0) is 22.7. The van der Waals surface area contributed by atoms with Crippen molar-refractivity contribution in [1.29, 1.82) is 0 Å². The number of primary amides is 1. The number of likely N-dealkylation sites (tertiary alicyclic amines) is 1. The molecule has 33 heavy (non-hydrogen) atoms. The number of hydrogen-bond acceptors (Lipinski definition) is 6. The average molecular weight is 471 g/mol. The third-order valence-electron chi connectivity index (χ3n) is 8.24. The molecule has 5 aliphatic rings. The molecule has 1 aromatic heterocycles. The highest BCUT2D eigenvalue weighted by molar-refractivity contribution is 6.30. The number of ether oxygens (including phenoxy) is 1. The summed E-state index contributed by atoms with van der Waals surface area (Å²) in [5.41, 5.74) is 5.96. The van der Waals surface area contributed by atoms with Crippen molar-refractivity contribution in [2.45, 2.75) is 57.1 Å². The standard InChI is InChI=1S/C24H27ClN4O4/c25-17-5-3-15(4-6-17)20-27-28-21(33-20)18-2-1-7-29(18)23(31)32-19-16-9-13-8-14(10-16)12-24(19,11-13)22(26)30/h3-6,13-14,16,18-19H,1-2,7-12H2,(H2,26,30). The van der Waals surface area contributed by atoms with E-state index >= 15 is 0 Å². The van der Waals surface area contributed by atoms with E-state index in [1.807, 2.05) is 12.1 Å². The van der Waals surface area contributed by atoms with Crippen molar-refractivity contribution in [2.75, 3.05) is 6.54 Å². The van der Waals surface area contributed by atoms with Crippen molar-refractivity contribution in [2.24, 2.45) is 28.9 Å². The fraction of sp³-hybridized carbons (Fsp3) is 0.583. The van der Waals surface area contributed by atoms with Crippen LogP contribution in [0.25, 0.3) is 11.5 Å². The van der Waals surface area contributed by atoms with Crippen LogP contribution in [0.3, 0.4) is 0 Å². The van der Waals surface area contributed by atoms with Gasteiger partial charge < -0.3 is 14.9 Å². The van der Waals surface area contributed by atoms with Crippen molar-refractivity contribution in [3.63, 3.8) is 0 Å². The lowest BCUT2D eigenvalue weighted by atomic mass is 9.48. The first-order chi connectivity index (χ1) is 15.9. The molecule has 2 amide bonds. The van der Waals surface area contributed by atoms with Gasteiger partial charge in [-0.1, -0.05) is 11.6 Å². The number of carbonyl (C=O) groups excluding carboxylic acids is 2. The first kappa shape index (κ1) is 21.0. The van der Waals surface area contributed by atoms with Crippen molar-refractivity contribution in [1.82, 2.24) is 15.1 Å². The number of rotatable bonds is 4. The summed E-state index contributed by atoms with van der Waals surface area (Å²) in [4.78, 5) is 27.6. The molecular formula is C24H27ClN4O4. The van der Waals surface area contributed by atoms with Crippen LogP contribution < -0.4 is 5.73 Å². The van der Waals surface area contributed by atoms with Crippen LogP contribution in [0.4, 0.5) is 4.79 Å². The Balaban J connectivity index is 1.21. The van der Waals surface area contributed by atoms with Crippen molar-refractivity contribution < 1.29 is 18.7 Å². The number of hydrogen-bond donors (Lipinski definition) is 1. The smallest absolute Gasteiger partial charge is 0.410 e. The maximum Gasteiger partial charge on any atom is 0.410 e. The molecule has 2 aromatic rings.